The van der Waals surface area contributed by atoms with Crippen LogP contribution in [0.15, 0.2) is 273 Å². The lowest BCUT2D eigenvalue weighted by Crippen LogP contribution is -2.11. The Balaban J connectivity index is 0.993. The third-order valence-electron chi connectivity index (χ3n) is 13.9. The second-order valence-electron chi connectivity index (χ2n) is 18.0. The van der Waals surface area contributed by atoms with Crippen LogP contribution in [-0.4, -0.2) is 0 Å². The Hall–Kier alpha value is -8.82. The van der Waals surface area contributed by atoms with E-state index in [-0.39, 0.29) is 0 Å². The first-order valence-corrected chi connectivity index (χ1v) is 24.8. The van der Waals surface area contributed by atoms with Gasteiger partial charge in [-0.1, -0.05) is 224 Å². The highest BCUT2D eigenvalue weighted by Crippen LogP contribution is 2.48. The maximum Gasteiger partial charge on any atom is 0.0540 e. The Bertz CT molecular complexity index is 4030. The molecule has 1 nitrogen and oxygen atoms in total. The van der Waals surface area contributed by atoms with Crippen LogP contribution >= 0.6 is 11.3 Å². The minimum absolute atomic E-state index is 1.08. The summed E-state index contributed by atoms with van der Waals surface area (Å²) in [6, 6.07) is 100.0. The van der Waals surface area contributed by atoms with Crippen molar-refractivity contribution in [2.45, 2.75) is 0 Å². The van der Waals surface area contributed by atoms with Crippen LogP contribution in [0.5, 0.6) is 0 Å². The molecule has 0 saturated carbocycles. The van der Waals surface area contributed by atoms with Crippen molar-refractivity contribution in [3.63, 3.8) is 0 Å². The molecule has 1 aromatic heterocycles. The van der Waals surface area contributed by atoms with Crippen LogP contribution in [0.1, 0.15) is 0 Å². The zero-order valence-electron chi connectivity index (χ0n) is 38.3. The predicted octanol–water partition coefficient (Wildman–Crippen LogP) is 19.8. The Kier molecular flexibility index (Phi) is 10.5. The Morgan fingerprint density at radius 2 is 0.743 bits per heavy atom. The number of nitrogens with zero attached hydrogens (tertiary/aromatic N) is 1. The van der Waals surface area contributed by atoms with Crippen LogP contribution in [0.2, 0.25) is 0 Å². The molecule has 12 aromatic carbocycles. The topological polar surface area (TPSA) is 3.24 Å². The van der Waals surface area contributed by atoms with Crippen molar-refractivity contribution in [3.05, 3.63) is 273 Å². The number of anilines is 3. The van der Waals surface area contributed by atoms with E-state index >= 15 is 0 Å². The Morgan fingerprint density at radius 1 is 0.243 bits per heavy atom. The maximum absolute atomic E-state index is 2.45. The summed E-state index contributed by atoms with van der Waals surface area (Å²) >= 11 is 1.88. The van der Waals surface area contributed by atoms with E-state index in [1.807, 2.05) is 11.3 Å². The fourth-order valence-corrected chi connectivity index (χ4v) is 11.8. The van der Waals surface area contributed by atoms with Gasteiger partial charge in [0, 0.05) is 37.1 Å². The summed E-state index contributed by atoms with van der Waals surface area (Å²) in [4.78, 5) is 2.45. The fourth-order valence-electron chi connectivity index (χ4n) is 10.6. The second kappa shape index (κ2) is 17.7. The molecular weight excluding hydrogens is 863 g/mol. The van der Waals surface area contributed by atoms with E-state index in [0.29, 0.717) is 0 Å². The molecule has 2 heteroatoms. The highest BCUT2D eigenvalue weighted by Gasteiger charge is 2.22. The van der Waals surface area contributed by atoms with Crippen LogP contribution in [0.3, 0.4) is 0 Å². The number of hydrogen-bond acceptors (Lipinski definition) is 2. The van der Waals surface area contributed by atoms with Gasteiger partial charge >= 0.3 is 0 Å². The first-order valence-electron chi connectivity index (χ1n) is 24.0. The van der Waals surface area contributed by atoms with Crippen molar-refractivity contribution in [2.75, 3.05) is 4.90 Å². The molecule has 70 heavy (non-hydrogen) atoms. The fraction of sp³-hybridized carbons (Fsp3) is 0. The largest absolute Gasteiger partial charge is 0.310 e. The highest BCUT2D eigenvalue weighted by atomic mass is 32.1. The number of fused-ring (bicyclic) bond motifs is 6. The van der Waals surface area contributed by atoms with Crippen LogP contribution in [0, 0.1) is 0 Å². The average molecular weight is 908 g/mol. The lowest BCUT2D eigenvalue weighted by molar-refractivity contribution is 1.28. The standard InChI is InChI=1S/C68H45NS/c1-5-19-46(20-6-1)52-38-42-64(62(44-52)48-21-7-2-8-22-48)69(55-28-17-27-53(43-55)56-32-18-33-61-59-30-15-16-34-65(59)70-68(56)61)54-39-35-47(36-40-54)51-37-41-58-57-29-13-14-31-60(57)66(49-23-9-3-10-24-49)67(63(58)45-51)50-25-11-4-12-26-50/h1-45H. The molecule has 0 N–H and O–H groups in total. The molecule has 13 rings (SSSR count). The predicted molar refractivity (Wildman–Crippen MR) is 302 cm³/mol. The van der Waals surface area contributed by atoms with E-state index in [9.17, 15) is 0 Å². The summed E-state index contributed by atoms with van der Waals surface area (Å²) in [7, 11) is 0. The molecule has 0 atom stereocenters. The third kappa shape index (κ3) is 7.34. The number of thiophene rings is 1. The highest BCUT2D eigenvalue weighted by molar-refractivity contribution is 7.26. The van der Waals surface area contributed by atoms with Gasteiger partial charge in [-0.2, -0.15) is 0 Å². The van der Waals surface area contributed by atoms with E-state index < -0.39 is 0 Å². The van der Waals surface area contributed by atoms with Gasteiger partial charge in [0.2, 0.25) is 0 Å². The minimum atomic E-state index is 1.08. The van der Waals surface area contributed by atoms with Crippen molar-refractivity contribution in [2.24, 2.45) is 0 Å². The van der Waals surface area contributed by atoms with Gasteiger partial charge in [-0.25, -0.2) is 0 Å². The van der Waals surface area contributed by atoms with E-state index in [0.717, 1.165) is 33.8 Å². The van der Waals surface area contributed by atoms with E-state index in [1.54, 1.807) is 0 Å². The van der Waals surface area contributed by atoms with Crippen molar-refractivity contribution < 1.29 is 0 Å². The molecule has 0 bridgehead atoms. The molecule has 328 valence electrons. The number of hydrogen-bond donors (Lipinski definition) is 0. The van der Waals surface area contributed by atoms with Crippen LogP contribution < -0.4 is 4.90 Å². The molecule has 0 radical (unpaired) electrons. The zero-order valence-corrected chi connectivity index (χ0v) is 39.2. The smallest absolute Gasteiger partial charge is 0.0540 e. The van der Waals surface area contributed by atoms with E-state index in [1.165, 1.54) is 91.8 Å². The van der Waals surface area contributed by atoms with Crippen molar-refractivity contribution in [3.8, 4) is 66.8 Å². The number of benzene rings is 12. The molecule has 13 aromatic rings. The molecule has 1 heterocycles. The van der Waals surface area contributed by atoms with Gasteiger partial charge in [0.1, 0.15) is 0 Å². The molecular formula is C68H45NS. The van der Waals surface area contributed by atoms with Gasteiger partial charge in [-0.15, -0.1) is 11.3 Å². The molecule has 0 saturated heterocycles. The Morgan fingerprint density at radius 3 is 1.46 bits per heavy atom. The summed E-state index contributed by atoms with van der Waals surface area (Å²) in [6.45, 7) is 0. The second-order valence-corrected chi connectivity index (χ2v) is 19.0. The first-order chi connectivity index (χ1) is 34.7. The van der Waals surface area contributed by atoms with Gasteiger partial charge in [-0.3, -0.25) is 0 Å². The van der Waals surface area contributed by atoms with Gasteiger partial charge in [-0.05, 0) is 131 Å². The van der Waals surface area contributed by atoms with Gasteiger partial charge in [0.05, 0.1) is 5.69 Å². The molecule has 0 aliphatic carbocycles. The SMILES string of the molecule is c1ccc(-c2ccc(N(c3ccc(-c4ccc5c(c4)c(-c4ccccc4)c(-c4ccccc4)c4ccccc45)cc3)c3cccc(-c4cccc5c4sc4ccccc45)c3)c(-c3ccccc3)c2)cc1. The third-order valence-corrected chi connectivity index (χ3v) is 15.1. The molecule has 0 spiro atoms. The van der Waals surface area contributed by atoms with E-state index in [4.69, 9.17) is 0 Å². The van der Waals surface area contributed by atoms with Crippen molar-refractivity contribution >= 4 is 70.1 Å². The summed E-state index contributed by atoms with van der Waals surface area (Å²) < 4.78 is 2.62. The molecule has 0 fully saturated rings. The summed E-state index contributed by atoms with van der Waals surface area (Å²) in [6.07, 6.45) is 0. The van der Waals surface area contributed by atoms with Gasteiger partial charge in [0.25, 0.3) is 0 Å². The van der Waals surface area contributed by atoms with Crippen molar-refractivity contribution in [1.29, 1.82) is 0 Å². The van der Waals surface area contributed by atoms with Crippen molar-refractivity contribution in [1.82, 2.24) is 0 Å². The summed E-state index contributed by atoms with van der Waals surface area (Å²) in [5.74, 6) is 0. The van der Waals surface area contributed by atoms with Crippen LogP contribution in [0.25, 0.3) is 108 Å². The van der Waals surface area contributed by atoms with Crippen LogP contribution in [0.4, 0.5) is 17.1 Å². The molecule has 0 unspecified atom stereocenters. The van der Waals surface area contributed by atoms with E-state index in [2.05, 4.69) is 278 Å². The average Bonchev–Trinajstić information content (AvgIpc) is 3.83. The Labute approximate surface area is 412 Å². The summed E-state index contributed by atoms with van der Waals surface area (Å²) in [5, 5.41) is 7.61. The number of rotatable bonds is 9. The lowest BCUT2D eigenvalue weighted by atomic mass is 9.84. The normalized spacial score (nSPS) is 11.4. The zero-order chi connectivity index (χ0) is 46.4. The lowest BCUT2D eigenvalue weighted by Gasteiger charge is -2.29. The summed E-state index contributed by atoms with van der Waals surface area (Å²) in [5.41, 5.74) is 17.7. The molecule has 0 aliphatic rings. The quantitative estimate of drug-likeness (QED) is 0.130. The van der Waals surface area contributed by atoms with Crippen LogP contribution in [-0.2, 0) is 0 Å². The maximum atomic E-state index is 2.45. The minimum Gasteiger partial charge on any atom is -0.310 e. The van der Waals surface area contributed by atoms with Gasteiger partial charge in [0.15, 0.2) is 0 Å². The van der Waals surface area contributed by atoms with Gasteiger partial charge < -0.3 is 4.90 Å². The molecule has 0 amide bonds. The first kappa shape index (κ1) is 41.4. The molecule has 0 aliphatic heterocycles. The monoisotopic (exact) mass is 907 g/mol.